The van der Waals surface area contributed by atoms with Crippen LogP contribution in [-0.4, -0.2) is 22.5 Å². The molecule has 0 radical (unpaired) electrons. The zero-order chi connectivity index (χ0) is 28.2. The lowest BCUT2D eigenvalue weighted by Gasteiger charge is -2.23. The number of hydrogen-bond acceptors (Lipinski definition) is 5. The van der Waals surface area contributed by atoms with Gasteiger partial charge in [0.25, 0.3) is 5.56 Å². The van der Waals surface area contributed by atoms with Crippen LogP contribution in [0.1, 0.15) is 61.9 Å². The lowest BCUT2D eigenvalue weighted by atomic mass is 9.88. The van der Waals surface area contributed by atoms with Crippen molar-refractivity contribution in [3.05, 3.63) is 93.7 Å². The van der Waals surface area contributed by atoms with Crippen molar-refractivity contribution in [2.75, 3.05) is 6.61 Å². The molecule has 1 aliphatic rings. The Bertz CT molecular complexity index is 1610. The molecule has 0 amide bonds. The third-order valence-electron chi connectivity index (χ3n) is 6.87. The lowest BCUT2D eigenvalue weighted by molar-refractivity contribution is 0.267. The number of halogens is 4. The SMILES string of the molecule is CCOc1cc(C=Nn2c(C3CCCCC3)nc3ccc(Br)cc3c2=O)c(Br)c(Br)c1OCc1ccc(Br)cc1. The number of aromatic nitrogens is 2. The molecule has 0 aliphatic heterocycles. The number of rotatable bonds is 8. The highest BCUT2D eigenvalue weighted by Crippen LogP contribution is 2.43. The van der Waals surface area contributed by atoms with Gasteiger partial charge in [-0.15, -0.1) is 0 Å². The van der Waals surface area contributed by atoms with Crippen LogP contribution in [0.4, 0.5) is 0 Å². The van der Waals surface area contributed by atoms with Crippen molar-refractivity contribution in [1.82, 2.24) is 9.66 Å². The van der Waals surface area contributed by atoms with E-state index in [9.17, 15) is 4.79 Å². The molecular formula is C30H27Br4N3O3. The van der Waals surface area contributed by atoms with Gasteiger partial charge < -0.3 is 9.47 Å². The summed E-state index contributed by atoms with van der Waals surface area (Å²) in [6, 6.07) is 15.5. The Kier molecular flexibility index (Phi) is 9.81. The van der Waals surface area contributed by atoms with Crippen LogP contribution in [0.25, 0.3) is 10.9 Å². The van der Waals surface area contributed by atoms with Gasteiger partial charge in [-0.2, -0.15) is 9.78 Å². The van der Waals surface area contributed by atoms with Crippen molar-refractivity contribution in [2.24, 2.45) is 5.10 Å². The van der Waals surface area contributed by atoms with E-state index >= 15 is 0 Å². The fraction of sp³-hybridized carbons (Fsp3) is 0.300. The zero-order valence-electron chi connectivity index (χ0n) is 21.8. The Morgan fingerprint density at radius 2 is 1.68 bits per heavy atom. The summed E-state index contributed by atoms with van der Waals surface area (Å²) in [6.45, 7) is 2.77. The minimum absolute atomic E-state index is 0.183. The smallest absolute Gasteiger partial charge is 0.282 e. The highest BCUT2D eigenvalue weighted by atomic mass is 79.9. The minimum Gasteiger partial charge on any atom is -0.490 e. The van der Waals surface area contributed by atoms with Crippen LogP contribution in [0.3, 0.4) is 0 Å². The summed E-state index contributed by atoms with van der Waals surface area (Å²) in [5, 5.41) is 5.24. The first kappa shape index (κ1) is 29.5. The fourth-order valence-electron chi connectivity index (χ4n) is 4.85. The van der Waals surface area contributed by atoms with Gasteiger partial charge in [0.2, 0.25) is 0 Å². The van der Waals surface area contributed by atoms with Crippen molar-refractivity contribution in [2.45, 2.75) is 51.6 Å². The zero-order valence-corrected chi connectivity index (χ0v) is 28.1. The summed E-state index contributed by atoms with van der Waals surface area (Å²) in [7, 11) is 0. The summed E-state index contributed by atoms with van der Waals surface area (Å²) < 4.78 is 16.9. The summed E-state index contributed by atoms with van der Waals surface area (Å²) >= 11 is 14.3. The average Bonchev–Trinajstić information content (AvgIpc) is 2.96. The Balaban J connectivity index is 1.54. The first-order valence-electron chi connectivity index (χ1n) is 13.1. The molecule has 6 nitrogen and oxygen atoms in total. The number of benzene rings is 3. The maximum Gasteiger partial charge on any atom is 0.282 e. The summed E-state index contributed by atoms with van der Waals surface area (Å²) in [4.78, 5) is 18.6. The van der Waals surface area contributed by atoms with Gasteiger partial charge in [-0.25, -0.2) is 4.98 Å². The first-order chi connectivity index (χ1) is 19.4. The molecule has 1 saturated carbocycles. The standard InChI is InChI=1S/C30H27Br4N3O3/c1-2-39-25-14-20(26(33)27(34)28(25)40-17-18-8-10-21(31)11-9-18)16-35-37-29(19-6-4-3-5-7-19)36-24-13-12-22(32)15-23(24)30(37)38/h8-16,19H,2-7,17H2,1H3. The van der Waals surface area contributed by atoms with Crippen LogP contribution in [0, 0.1) is 0 Å². The van der Waals surface area contributed by atoms with E-state index in [0.29, 0.717) is 45.9 Å². The van der Waals surface area contributed by atoms with Gasteiger partial charge >= 0.3 is 0 Å². The molecule has 0 N–H and O–H groups in total. The largest absolute Gasteiger partial charge is 0.490 e. The molecule has 5 rings (SSSR count). The second-order valence-electron chi connectivity index (χ2n) is 9.60. The number of fused-ring (bicyclic) bond motifs is 1. The molecule has 1 aromatic heterocycles. The van der Waals surface area contributed by atoms with E-state index in [1.807, 2.05) is 49.4 Å². The molecule has 10 heteroatoms. The highest BCUT2D eigenvalue weighted by molar-refractivity contribution is 9.13. The van der Waals surface area contributed by atoms with E-state index in [1.54, 1.807) is 12.3 Å². The third-order valence-corrected chi connectivity index (χ3v) is 10.0. The normalized spacial score (nSPS) is 14.2. The predicted molar refractivity (Wildman–Crippen MR) is 174 cm³/mol. The number of ether oxygens (including phenoxy) is 2. The average molecular weight is 797 g/mol. The quantitative estimate of drug-likeness (QED) is 0.167. The molecule has 0 spiro atoms. The maximum absolute atomic E-state index is 13.7. The van der Waals surface area contributed by atoms with Crippen LogP contribution in [-0.2, 0) is 6.61 Å². The van der Waals surface area contributed by atoms with E-state index in [2.05, 4.69) is 63.7 Å². The molecule has 1 aliphatic carbocycles. The van der Waals surface area contributed by atoms with Crippen LogP contribution < -0.4 is 15.0 Å². The van der Waals surface area contributed by atoms with Crippen LogP contribution in [0.5, 0.6) is 11.5 Å². The van der Waals surface area contributed by atoms with Crippen molar-refractivity contribution < 1.29 is 9.47 Å². The van der Waals surface area contributed by atoms with Crippen LogP contribution >= 0.6 is 63.7 Å². The van der Waals surface area contributed by atoms with Crippen LogP contribution in [0.2, 0.25) is 0 Å². The maximum atomic E-state index is 13.7. The summed E-state index contributed by atoms with van der Waals surface area (Å²) in [5.41, 5.74) is 2.28. The Morgan fingerprint density at radius 3 is 2.40 bits per heavy atom. The molecule has 0 atom stereocenters. The monoisotopic (exact) mass is 793 g/mol. The number of hydrogen-bond donors (Lipinski definition) is 0. The van der Waals surface area contributed by atoms with Crippen molar-refractivity contribution >= 4 is 80.8 Å². The van der Waals surface area contributed by atoms with E-state index in [4.69, 9.17) is 19.6 Å². The van der Waals surface area contributed by atoms with Crippen molar-refractivity contribution in [1.29, 1.82) is 0 Å². The summed E-state index contributed by atoms with van der Waals surface area (Å²) in [5.74, 6) is 2.07. The lowest BCUT2D eigenvalue weighted by Crippen LogP contribution is -2.25. The van der Waals surface area contributed by atoms with Gasteiger partial charge in [-0.3, -0.25) is 4.79 Å². The molecule has 0 saturated heterocycles. The van der Waals surface area contributed by atoms with Gasteiger partial charge in [0.05, 0.1) is 28.2 Å². The topological polar surface area (TPSA) is 65.7 Å². The van der Waals surface area contributed by atoms with E-state index in [-0.39, 0.29) is 11.5 Å². The van der Waals surface area contributed by atoms with E-state index < -0.39 is 0 Å². The second-order valence-corrected chi connectivity index (χ2v) is 13.0. The van der Waals surface area contributed by atoms with Gasteiger partial charge in [0.15, 0.2) is 11.5 Å². The molecule has 3 aromatic carbocycles. The Labute approximate surface area is 266 Å². The van der Waals surface area contributed by atoms with Crippen LogP contribution in [0.15, 0.2) is 76.3 Å². The van der Waals surface area contributed by atoms with Gasteiger partial charge in [0, 0.05) is 24.9 Å². The Morgan fingerprint density at radius 1 is 0.950 bits per heavy atom. The van der Waals surface area contributed by atoms with E-state index in [1.165, 1.54) is 11.1 Å². The molecule has 4 aromatic rings. The molecule has 1 fully saturated rings. The van der Waals surface area contributed by atoms with Crippen molar-refractivity contribution in [3.63, 3.8) is 0 Å². The predicted octanol–water partition coefficient (Wildman–Crippen LogP) is 9.35. The molecule has 1 heterocycles. The van der Waals surface area contributed by atoms with Gasteiger partial charge in [-0.1, -0.05) is 63.3 Å². The van der Waals surface area contributed by atoms with Gasteiger partial charge in [-0.05, 0) is 93.6 Å². The molecule has 208 valence electrons. The first-order valence-corrected chi connectivity index (χ1v) is 16.3. The third kappa shape index (κ3) is 6.55. The Hall–Kier alpha value is -2.01. The molecule has 0 bridgehead atoms. The molecule has 40 heavy (non-hydrogen) atoms. The second kappa shape index (κ2) is 13.3. The molecule has 0 unspecified atom stereocenters. The molecular weight excluding hydrogens is 770 g/mol. The summed E-state index contributed by atoms with van der Waals surface area (Å²) in [6.07, 6.45) is 7.13. The minimum atomic E-state index is -0.183. The highest BCUT2D eigenvalue weighted by Gasteiger charge is 2.23. The van der Waals surface area contributed by atoms with E-state index in [0.717, 1.165) is 50.2 Å². The van der Waals surface area contributed by atoms with Crippen molar-refractivity contribution in [3.8, 4) is 11.5 Å². The van der Waals surface area contributed by atoms with Gasteiger partial charge in [0.1, 0.15) is 12.4 Å². The fourth-order valence-corrected chi connectivity index (χ4v) is 6.42. The number of nitrogens with zero attached hydrogens (tertiary/aromatic N) is 3.